The summed E-state index contributed by atoms with van der Waals surface area (Å²) in [6, 6.07) is 0. The standard InChI is InChI=1S/C53H106NO8P/c1-6-8-10-12-14-16-18-20-22-24-26-28-30-32-34-36-38-40-42-44-46-53(56)62-51(50-61-63(57,58)60-48-47-54(3,4)5)49-59-52(55)45-43-41-39-37-35-33-31-29-27-25-23-21-19-17-15-13-11-9-7-2/h51H,6-50H2,1-5H3/t51-/m1/s1. The van der Waals surface area contributed by atoms with Gasteiger partial charge in [0.25, 0.3) is 7.82 Å². The van der Waals surface area contributed by atoms with Crippen molar-refractivity contribution in [3.8, 4) is 0 Å². The van der Waals surface area contributed by atoms with Gasteiger partial charge in [-0.25, -0.2) is 0 Å². The molecule has 0 saturated carbocycles. The third kappa shape index (κ3) is 50.3. The van der Waals surface area contributed by atoms with Crippen molar-refractivity contribution < 1.29 is 42.1 Å². The van der Waals surface area contributed by atoms with E-state index in [1.807, 2.05) is 21.1 Å². The molecular weight excluding hydrogens is 810 g/mol. The van der Waals surface area contributed by atoms with E-state index in [1.54, 1.807) is 0 Å². The second-order valence-corrected chi connectivity index (χ2v) is 21.4. The number of hydrogen-bond donors (Lipinski definition) is 0. The van der Waals surface area contributed by atoms with Crippen molar-refractivity contribution in [2.24, 2.45) is 0 Å². The zero-order chi connectivity index (χ0) is 46.4. The predicted octanol–water partition coefficient (Wildman–Crippen LogP) is 15.7. The number of phosphoric ester groups is 1. The van der Waals surface area contributed by atoms with Crippen LogP contribution in [0.2, 0.25) is 0 Å². The van der Waals surface area contributed by atoms with Crippen LogP contribution in [0.3, 0.4) is 0 Å². The second kappa shape index (κ2) is 46.1. The Bertz CT molecular complexity index is 1040. The molecule has 0 heterocycles. The van der Waals surface area contributed by atoms with Crippen LogP contribution in [-0.2, 0) is 32.7 Å². The Hall–Kier alpha value is -0.990. The molecule has 1 unspecified atom stereocenters. The van der Waals surface area contributed by atoms with Crippen LogP contribution in [-0.4, -0.2) is 70.0 Å². The number of hydrogen-bond acceptors (Lipinski definition) is 8. The molecule has 0 saturated heterocycles. The summed E-state index contributed by atoms with van der Waals surface area (Å²) in [5.41, 5.74) is 0. The molecule has 0 aromatic rings. The maximum Gasteiger partial charge on any atom is 0.306 e. The molecule has 0 N–H and O–H groups in total. The van der Waals surface area contributed by atoms with Crippen molar-refractivity contribution in [2.75, 3.05) is 47.5 Å². The largest absolute Gasteiger partial charge is 0.756 e. The summed E-state index contributed by atoms with van der Waals surface area (Å²) in [4.78, 5) is 37.8. The van der Waals surface area contributed by atoms with Gasteiger partial charge in [-0.15, -0.1) is 0 Å². The molecule has 9 nitrogen and oxygen atoms in total. The zero-order valence-corrected chi connectivity index (χ0v) is 43.5. The summed E-state index contributed by atoms with van der Waals surface area (Å²) in [6.45, 7) is 4.30. The average Bonchev–Trinajstić information content (AvgIpc) is 3.24. The van der Waals surface area contributed by atoms with Gasteiger partial charge in [0.15, 0.2) is 6.10 Å². The number of rotatable bonds is 51. The lowest BCUT2D eigenvalue weighted by atomic mass is 10.0. The number of nitrogens with zero attached hydrogens (tertiary/aromatic N) is 1. The molecule has 376 valence electrons. The first kappa shape index (κ1) is 62.0. The number of likely N-dealkylation sites (N-methyl/N-ethyl adjacent to an activating group) is 1. The van der Waals surface area contributed by atoms with Crippen molar-refractivity contribution in [1.29, 1.82) is 0 Å². The molecule has 10 heteroatoms. The van der Waals surface area contributed by atoms with Gasteiger partial charge in [0.2, 0.25) is 0 Å². The van der Waals surface area contributed by atoms with Crippen LogP contribution < -0.4 is 4.89 Å². The number of unbranched alkanes of at least 4 members (excludes halogenated alkanes) is 37. The van der Waals surface area contributed by atoms with Crippen LogP contribution in [0.4, 0.5) is 0 Å². The zero-order valence-electron chi connectivity index (χ0n) is 42.6. The van der Waals surface area contributed by atoms with Gasteiger partial charge >= 0.3 is 11.9 Å². The van der Waals surface area contributed by atoms with E-state index >= 15 is 0 Å². The van der Waals surface area contributed by atoms with E-state index in [2.05, 4.69) is 13.8 Å². The average molecular weight is 916 g/mol. The van der Waals surface area contributed by atoms with E-state index < -0.39 is 26.5 Å². The smallest absolute Gasteiger partial charge is 0.306 e. The lowest BCUT2D eigenvalue weighted by Gasteiger charge is -2.28. The Morgan fingerprint density at radius 1 is 0.429 bits per heavy atom. The highest BCUT2D eigenvalue weighted by Crippen LogP contribution is 2.38. The minimum absolute atomic E-state index is 0.0252. The monoisotopic (exact) mass is 916 g/mol. The molecule has 0 bridgehead atoms. The molecule has 0 aliphatic rings. The highest BCUT2D eigenvalue weighted by Gasteiger charge is 2.22. The SMILES string of the molecule is CCCCCCCCCCCCCCCCCCCCCCC(=O)O[C@H](COC(=O)CCCCCCCCCCCCCCCCCCCCC)COP(=O)([O-])OCC[N+](C)(C)C. The lowest BCUT2D eigenvalue weighted by Crippen LogP contribution is -2.37. The lowest BCUT2D eigenvalue weighted by molar-refractivity contribution is -0.870. The molecular formula is C53H106NO8P. The Morgan fingerprint density at radius 3 is 1.02 bits per heavy atom. The summed E-state index contributed by atoms with van der Waals surface area (Å²) < 4.78 is 34.1. The number of ether oxygens (including phenoxy) is 2. The Balaban J connectivity index is 4.16. The van der Waals surface area contributed by atoms with Crippen molar-refractivity contribution in [3.63, 3.8) is 0 Å². The minimum atomic E-state index is -4.62. The highest BCUT2D eigenvalue weighted by atomic mass is 31.2. The highest BCUT2D eigenvalue weighted by molar-refractivity contribution is 7.45. The maximum absolute atomic E-state index is 12.8. The predicted molar refractivity (Wildman–Crippen MR) is 264 cm³/mol. The molecule has 0 amide bonds. The van der Waals surface area contributed by atoms with Crippen LogP contribution >= 0.6 is 7.82 Å². The number of esters is 2. The molecule has 0 aliphatic carbocycles. The fourth-order valence-electron chi connectivity index (χ4n) is 8.13. The van der Waals surface area contributed by atoms with Crippen LogP contribution in [0.5, 0.6) is 0 Å². The number of phosphoric acid groups is 1. The van der Waals surface area contributed by atoms with E-state index in [0.717, 1.165) is 32.1 Å². The Labute approximate surface area is 391 Å². The van der Waals surface area contributed by atoms with Gasteiger partial charge in [0.05, 0.1) is 27.7 Å². The van der Waals surface area contributed by atoms with Crippen LogP contribution in [0.25, 0.3) is 0 Å². The molecule has 0 radical (unpaired) electrons. The van der Waals surface area contributed by atoms with Gasteiger partial charge in [-0.2, -0.15) is 0 Å². The van der Waals surface area contributed by atoms with Gasteiger partial charge in [-0.05, 0) is 12.8 Å². The topological polar surface area (TPSA) is 111 Å². The summed E-state index contributed by atoms with van der Waals surface area (Å²) in [5.74, 6) is -0.811. The van der Waals surface area contributed by atoms with E-state index in [4.69, 9.17) is 18.5 Å². The summed E-state index contributed by atoms with van der Waals surface area (Å²) in [6.07, 6.45) is 49.9. The van der Waals surface area contributed by atoms with Gasteiger partial charge in [-0.1, -0.05) is 251 Å². The fourth-order valence-corrected chi connectivity index (χ4v) is 8.86. The molecule has 0 spiro atoms. The maximum atomic E-state index is 12.8. The van der Waals surface area contributed by atoms with Crippen LogP contribution in [0.15, 0.2) is 0 Å². The van der Waals surface area contributed by atoms with Crippen molar-refractivity contribution in [1.82, 2.24) is 0 Å². The van der Waals surface area contributed by atoms with Gasteiger partial charge in [0, 0.05) is 12.8 Å². The van der Waals surface area contributed by atoms with E-state index in [9.17, 15) is 19.0 Å². The number of carbonyl (C=O) groups excluding carboxylic acids is 2. The van der Waals surface area contributed by atoms with Gasteiger partial charge < -0.3 is 27.9 Å². The van der Waals surface area contributed by atoms with Crippen LogP contribution in [0, 0.1) is 0 Å². The summed E-state index contributed by atoms with van der Waals surface area (Å²) in [7, 11) is 1.19. The van der Waals surface area contributed by atoms with Crippen molar-refractivity contribution in [2.45, 2.75) is 283 Å². The quantitative estimate of drug-likeness (QED) is 0.0257. The number of carbonyl (C=O) groups is 2. The third-order valence-electron chi connectivity index (χ3n) is 12.4. The summed E-state index contributed by atoms with van der Waals surface area (Å²) in [5, 5.41) is 0. The Kier molecular flexibility index (Phi) is 45.4. The van der Waals surface area contributed by atoms with Crippen molar-refractivity contribution in [3.05, 3.63) is 0 Å². The molecule has 0 fully saturated rings. The first-order valence-corrected chi connectivity index (χ1v) is 28.7. The molecule has 0 aliphatic heterocycles. The van der Waals surface area contributed by atoms with Gasteiger partial charge in [-0.3, -0.25) is 14.2 Å². The third-order valence-corrected chi connectivity index (χ3v) is 13.3. The first-order valence-electron chi connectivity index (χ1n) is 27.2. The Morgan fingerprint density at radius 2 is 0.714 bits per heavy atom. The van der Waals surface area contributed by atoms with E-state index in [-0.39, 0.29) is 32.0 Å². The van der Waals surface area contributed by atoms with Crippen LogP contribution in [0.1, 0.15) is 277 Å². The molecule has 63 heavy (non-hydrogen) atoms. The minimum Gasteiger partial charge on any atom is -0.756 e. The van der Waals surface area contributed by atoms with E-state index in [1.165, 1.54) is 212 Å². The first-order chi connectivity index (χ1) is 30.5. The molecule has 0 aromatic heterocycles. The fraction of sp³-hybridized carbons (Fsp3) is 0.962. The molecule has 0 aromatic carbocycles. The second-order valence-electron chi connectivity index (χ2n) is 20.0. The van der Waals surface area contributed by atoms with E-state index in [0.29, 0.717) is 17.4 Å². The molecule has 2 atom stereocenters. The van der Waals surface area contributed by atoms with Crippen molar-refractivity contribution >= 4 is 19.8 Å². The summed E-state index contributed by atoms with van der Waals surface area (Å²) >= 11 is 0. The number of quaternary nitrogens is 1. The van der Waals surface area contributed by atoms with Gasteiger partial charge in [0.1, 0.15) is 19.8 Å². The normalized spacial score (nSPS) is 13.3. The molecule has 0 rings (SSSR count).